The predicted octanol–water partition coefficient (Wildman–Crippen LogP) is -1.34. The summed E-state index contributed by atoms with van der Waals surface area (Å²) in [6.07, 6.45) is 0. The van der Waals surface area contributed by atoms with Crippen LogP contribution in [0.15, 0.2) is 0 Å². The number of nitrogens with zero attached hydrogens (tertiary/aromatic N) is 2. The van der Waals surface area contributed by atoms with Gasteiger partial charge in [0, 0.05) is 0 Å². The van der Waals surface area contributed by atoms with Gasteiger partial charge in [0.25, 0.3) is 10.2 Å². The molecule has 0 aromatic heterocycles. The van der Waals surface area contributed by atoms with Crippen molar-refractivity contribution in [2.24, 2.45) is 0 Å². The van der Waals surface area contributed by atoms with Gasteiger partial charge in [-0.25, -0.2) is 0 Å². The molecule has 0 heterocycles. The molecule has 0 amide bonds. The van der Waals surface area contributed by atoms with Crippen LogP contribution in [-0.4, -0.2) is 72.0 Å². The van der Waals surface area contributed by atoms with Crippen molar-refractivity contribution in [1.82, 2.24) is 0 Å². The van der Waals surface area contributed by atoms with Crippen molar-refractivity contribution in [1.29, 1.82) is 0 Å². The molecule has 0 radical (unpaired) electrons. The van der Waals surface area contributed by atoms with E-state index in [4.69, 9.17) is 30.6 Å². The Balaban J connectivity index is -0.0000000720. The fourth-order valence-corrected chi connectivity index (χ4v) is 0. The van der Waals surface area contributed by atoms with Crippen LogP contribution in [0.2, 0.25) is 0 Å². The summed E-state index contributed by atoms with van der Waals surface area (Å²) in [5.74, 6) is 0. The van der Waals surface area contributed by atoms with Crippen molar-refractivity contribution >= 4 is 51.4 Å². The first-order valence-electron chi connectivity index (χ1n) is 1.13. The van der Waals surface area contributed by atoms with Crippen molar-refractivity contribution < 1.29 is 20.6 Å². The summed E-state index contributed by atoms with van der Waals surface area (Å²) in [4.78, 5) is 16.7. The molecule has 0 aliphatic rings. The number of hydrogen-bond donors (Lipinski definition) is 2. The van der Waals surface area contributed by atoms with Crippen LogP contribution in [-0.2, 0) is 0 Å². The summed E-state index contributed by atoms with van der Waals surface area (Å²) in [7, 11) is 0. The zero-order valence-corrected chi connectivity index (χ0v) is 3.42. The third kappa shape index (κ3) is 221000. The molecule has 0 rings (SSSR count). The quantitative estimate of drug-likeness (QED) is 0.260. The second kappa shape index (κ2) is 10.9. The fourth-order valence-electron chi connectivity index (χ4n) is 0. The molecule has 9 heteroatoms. The van der Waals surface area contributed by atoms with Crippen molar-refractivity contribution in [2.75, 3.05) is 0 Å². The van der Waals surface area contributed by atoms with Gasteiger partial charge in [0.1, 0.15) is 0 Å². The summed E-state index contributed by atoms with van der Waals surface area (Å²) in [5, 5.41) is 27.3. The van der Waals surface area contributed by atoms with Crippen molar-refractivity contribution in [3.05, 3.63) is 20.2 Å². The summed E-state index contributed by atoms with van der Waals surface area (Å²) in [6.45, 7) is 0. The molecule has 0 aliphatic carbocycles. The monoisotopic (exact) mass is 166 g/mol. The zero-order valence-electron chi connectivity index (χ0n) is 3.42. The van der Waals surface area contributed by atoms with Crippen LogP contribution >= 0.6 is 0 Å². The van der Waals surface area contributed by atoms with Gasteiger partial charge in [-0.05, 0) is 0 Å². The Hall–Kier alpha value is 0.0364. The Morgan fingerprint density at radius 3 is 1.00 bits per heavy atom. The van der Waals surface area contributed by atoms with E-state index in [1.54, 1.807) is 0 Å². The van der Waals surface area contributed by atoms with Gasteiger partial charge in [-0.1, -0.05) is 0 Å². The second-order valence-corrected chi connectivity index (χ2v) is 0.476. The van der Waals surface area contributed by atoms with Crippen LogP contribution in [0.4, 0.5) is 0 Å². The number of hydrogen-bond acceptors (Lipinski definition) is 4. The van der Waals surface area contributed by atoms with Crippen LogP contribution in [0.1, 0.15) is 0 Å². The summed E-state index contributed by atoms with van der Waals surface area (Å²) in [6, 6.07) is 0. The third-order valence-electron chi connectivity index (χ3n) is 0. The maximum absolute atomic E-state index is 8.36. The van der Waals surface area contributed by atoms with Gasteiger partial charge in [-0.15, -0.1) is 20.2 Å². The van der Waals surface area contributed by atoms with Crippen LogP contribution in [0.3, 0.4) is 0 Å². The molecule has 0 fully saturated rings. The van der Waals surface area contributed by atoms with E-state index in [1.807, 2.05) is 0 Å². The van der Waals surface area contributed by atoms with Gasteiger partial charge in [-0.3, -0.25) is 0 Å². The van der Waals surface area contributed by atoms with Crippen molar-refractivity contribution in [3.8, 4) is 0 Å². The van der Waals surface area contributed by atoms with Gasteiger partial charge in [0.15, 0.2) is 0 Å². The molecule has 9 heavy (non-hydrogen) atoms. The third-order valence-corrected chi connectivity index (χ3v) is 0. The average molecular weight is 166 g/mol. The van der Waals surface area contributed by atoms with E-state index in [1.165, 1.54) is 0 Å². The molecule has 0 aromatic carbocycles. The summed E-state index contributed by atoms with van der Waals surface area (Å²) in [5.41, 5.74) is 0. The normalized spacial score (nSPS) is 5.33. The predicted molar refractivity (Wildman–Crippen MR) is 24.7 cm³/mol. The van der Waals surface area contributed by atoms with Gasteiger partial charge in [0.05, 0.1) is 0 Å². The van der Waals surface area contributed by atoms with Crippen molar-refractivity contribution in [2.45, 2.75) is 0 Å². The first kappa shape index (κ1) is 16.0. The van der Waals surface area contributed by atoms with Crippen LogP contribution in [0.5, 0.6) is 0 Å². The number of rotatable bonds is 0. The van der Waals surface area contributed by atoms with E-state index in [-0.39, 0.29) is 51.4 Å². The van der Waals surface area contributed by atoms with Gasteiger partial charge in [0.2, 0.25) is 0 Å². The van der Waals surface area contributed by atoms with Crippen LogP contribution in [0, 0.1) is 20.2 Å². The topological polar surface area (TPSA) is 127 Å². The maximum atomic E-state index is 8.36. The molecule has 0 spiro atoms. The second-order valence-electron chi connectivity index (χ2n) is 0.476. The first-order valence-corrected chi connectivity index (χ1v) is 1.13. The SMILES string of the molecule is O=[N+]([O-])O.O=[N+]([O-])O.[KH]. The fraction of sp³-hybridized carbons (Fsp3) is 0. The van der Waals surface area contributed by atoms with E-state index in [2.05, 4.69) is 0 Å². The molecule has 0 unspecified atom stereocenters. The van der Waals surface area contributed by atoms with Gasteiger partial charge >= 0.3 is 51.4 Å². The molecule has 0 bridgehead atoms. The Labute approximate surface area is 91.1 Å². The van der Waals surface area contributed by atoms with E-state index < -0.39 is 10.2 Å². The molecule has 8 nitrogen and oxygen atoms in total. The minimum atomic E-state index is -1.50. The first-order chi connectivity index (χ1) is 3.46. The molecule has 0 atom stereocenters. The summed E-state index contributed by atoms with van der Waals surface area (Å²) < 4.78 is 0. The molecule has 0 aromatic rings. The van der Waals surface area contributed by atoms with Crippen LogP contribution in [0.25, 0.3) is 0 Å². The molecule has 2 N–H and O–H groups in total. The molecular weight excluding hydrogens is 163 g/mol. The van der Waals surface area contributed by atoms with E-state index >= 15 is 0 Å². The molecule has 0 saturated heterocycles. The molecular formula is H3KN2O6. The Kier molecular flexibility index (Phi) is 19.4. The van der Waals surface area contributed by atoms with Gasteiger partial charge in [-0.2, -0.15) is 0 Å². The van der Waals surface area contributed by atoms with Gasteiger partial charge < -0.3 is 10.4 Å². The summed E-state index contributed by atoms with van der Waals surface area (Å²) >= 11 is 0. The standard InChI is InChI=1S/K.2HNO3.H/c;2*2-1(3)4;/h;2*(H,2,3,4);. The Bertz CT molecular complexity index is 69.1. The van der Waals surface area contributed by atoms with E-state index in [0.29, 0.717) is 0 Å². The van der Waals surface area contributed by atoms with Crippen molar-refractivity contribution in [3.63, 3.8) is 0 Å². The minimum absolute atomic E-state index is 0. The van der Waals surface area contributed by atoms with Crippen LogP contribution < -0.4 is 0 Å². The molecule has 0 saturated carbocycles. The molecule has 0 aliphatic heterocycles. The van der Waals surface area contributed by atoms with E-state index in [0.717, 1.165) is 0 Å². The Morgan fingerprint density at radius 1 is 1.00 bits per heavy atom. The molecule has 50 valence electrons. The van der Waals surface area contributed by atoms with E-state index in [9.17, 15) is 0 Å². The Morgan fingerprint density at radius 2 is 1.00 bits per heavy atom. The zero-order chi connectivity index (χ0) is 7.15. The average Bonchev–Trinajstić information content (AvgIpc) is 1.25.